The van der Waals surface area contributed by atoms with Gasteiger partial charge in [-0.25, -0.2) is 0 Å². The second kappa shape index (κ2) is 5.26. The van der Waals surface area contributed by atoms with Crippen LogP contribution in [0, 0.1) is 5.92 Å². The van der Waals surface area contributed by atoms with E-state index in [1.54, 1.807) is 25.9 Å². The first-order valence-electron chi connectivity index (χ1n) is 6.60. The molecule has 2 fully saturated rings. The zero-order valence-corrected chi connectivity index (χ0v) is 11.4. The smallest absolute Gasteiger partial charge is 0.225 e. The maximum Gasteiger partial charge on any atom is 0.225 e. The summed E-state index contributed by atoms with van der Waals surface area (Å²) in [6.45, 7) is 2.87. The molecule has 0 radical (unpaired) electrons. The molecule has 0 aromatic carbocycles. The molecule has 0 unspecified atom stereocenters. The van der Waals surface area contributed by atoms with E-state index in [0.717, 1.165) is 19.3 Å². The van der Waals surface area contributed by atoms with Crippen molar-refractivity contribution < 1.29 is 14.3 Å². The van der Waals surface area contributed by atoms with Crippen LogP contribution in [0.5, 0.6) is 0 Å². The van der Waals surface area contributed by atoms with Crippen molar-refractivity contribution in [3.8, 4) is 0 Å². The number of nitrogens with zero attached hydrogens (tertiary/aromatic N) is 2. The van der Waals surface area contributed by atoms with Crippen molar-refractivity contribution in [2.75, 3.05) is 27.2 Å². The number of amides is 2. The van der Waals surface area contributed by atoms with E-state index in [9.17, 15) is 9.59 Å². The number of hydrogen-bond acceptors (Lipinski definition) is 3. The van der Waals surface area contributed by atoms with Crippen molar-refractivity contribution in [1.29, 1.82) is 0 Å². The molecule has 2 rings (SSSR count). The molecule has 102 valence electrons. The summed E-state index contributed by atoms with van der Waals surface area (Å²) in [5, 5.41) is 0. The maximum atomic E-state index is 12.0. The first kappa shape index (κ1) is 13.3. The first-order chi connectivity index (χ1) is 8.50. The Kier molecular flexibility index (Phi) is 3.90. The summed E-state index contributed by atoms with van der Waals surface area (Å²) in [6.07, 6.45) is 2.60. The summed E-state index contributed by atoms with van der Waals surface area (Å²) in [4.78, 5) is 27.2. The Morgan fingerprint density at radius 1 is 1.28 bits per heavy atom. The van der Waals surface area contributed by atoms with Gasteiger partial charge in [0.25, 0.3) is 0 Å². The standard InChI is InChI=1S/C13H22N2O3/c1-9(16)15-6-7-18-12-5-4-10(8-11(12)15)13(17)14(2)3/h10-12H,4-8H2,1-3H3/t10-,11+,12+/m0/s1. The Bertz CT molecular complexity index is 343. The summed E-state index contributed by atoms with van der Waals surface area (Å²) >= 11 is 0. The molecule has 0 bridgehead atoms. The van der Waals surface area contributed by atoms with Gasteiger partial charge in [0.1, 0.15) is 0 Å². The van der Waals surface area contributed by atoms with Gasteiger partial charge in [0, 0.05) is 33.5 Å². The number of hydrogen-bond donors (Lipinski definition) is 0. The third kappa shape index (κ3) is 2.51. The summed E-state index contributed by atoms with van der Waals surface area (Å²) < 4.78 is 5.73. The largest absolute Gasteiger partial charge is 0.374 e. The van der Waals surface area contributed by atoms with Crippen molar-refractivity contribution in [3.05, 3.63) is 0 Å². The van der Waals surface area contributed by atoms with Gasteiger partial charge in [-0.1, -0.05) is 0 Å². The normalized spacial score (nSPS) is 31.7. The fourth-order valence-corrected chi connectivity index (χ4v) is 3.09. The van der Waals surface area contributed by atoms with Gasteiger partial charge < -0.3 is 14.5 Å². The van der Waals surface area contributed by atoms with Crippen molar-refractivity contribution in [2.24, 2.45) is 5.92 Å². The molecule has 0 N–H and O–H groups in total. The van der Waals surface area contributed by atoms with E-state index in [-0.39, 0.29) is 29.9 Å². The zero-order chi connectivity index (χ0) is 13.3. The molecule has 1 heterocycles. The van der Waals surface area contributed by atoms with Crippen LogP contribution in [0.15, 0.2) is 0 Å². The van der Waals surface area contributed by atoms with Gasteiger partial charge in [-0.15, -0.1) is 0 Å². The Morgan fingerprint density at radius 3 is 2.61 bits per heavy atom. The highest BCUT2D eigenvalue weighted by Crippen LogP contribution is 2.33. The van der Waals surface area contributed by atoms with Crippen LogP contribution in [0.2, 0.25) is 0 Å². The number of fused-ring (bicyclic) bond motifs is 1. The molecule has 1 saturated carbocycles. The lowest BCUT2D eigenvalue weighted by molar-refractivity contribution is -0.154. The van der Waals surface area contributed by atoms with Gasteiger partial charge in [-0.2, -0.15) is 0 Å². The minimum absolute atomic E-state index is 0.0322. The summed E-state index contributed by atoms with van der Waals surface area (Å²) in [5.41, 5.74) is 0. The van der Waals surface area contributed by atoms with Gasteiger partial charge in [0.2, 0.25) is 11.8 Å². The summed E-state index contributed by atoms with van der Waals surface area (Å²) in [6, 6.07) is 0.0823. The molecular weight excluding hydrogens is 232 g/mol. The van der Waals surface area contributed by atoms with Gasteiger partial charge in [0.05, 0.1) is 18.8 Å². The average molecular weight is 254 g/mol. The third-order valence-electron chi connectivity index (χ3n) is 4.01. The van der Waals surface area contributed by atoms with Gasteiger partial charge in [-0.05, 0) is 19.3 Å². The van der Waals surface area contributed by atoms with E-state index in [1.807, 2.05) is 4.90 Å². The fraction of sp³-hybridized carbons (Fsp3) is 0.846. The number of carbonyl (C=O) groups is 2. The van der Waals surface area contributed by atoms with Gasteiger partial charge in [0.15, 0.2) is 0 Å². The van der Waals surface area contributed by atoms with Crippen molar-refractivity contribution >= 4 is 11.8 Å². The molecule has 18 heavy (non-hydrogen) atoms. The quantitative estimate of drug-likeness (QED) is 0.684. The minimum atomic E-state index is 0.0322. The molecule has 3 atom stereocenters. The molecule has 1 saturated heterocycles. The maximum absolute atomic E-state index is 12.0. The molecule has 0 spiro atoms. The molecule has 0 aromatic heterocycles. The lowest BCUT2D eigenvalue weighted by Gasteiger charge is -2.45. The third-order valence-corrected chi connectivity index (χ3v) is 4.01. The van der Waals surface area contributed by atoms with Crippen LogP contribution in [-0.4, -0.2) is 61.0 Å². The fourth-order valence-electron chi connectivity index (χ4n) is 3.09. The van der Waals surface area contributed by atoms with Crippen LogP contribution < -0.4 is 0 Å². The van der Waals surface area contributed by atoms with Crippen LogP contribution >= 0.6 is 0 Å². The second-order valence-corrected chi connectivity index (χ2v) is 5.43. The molecule has 2 amide bonds. The van der Waals surface area contributed by atoms with Crippen LogP contribution in [0.4, 0.5) is 0 Å². The molecule has 1 aliphatic carbocycles. The van der Waals surface area contributed by atoms with Crippen molar-refractivity contribution in [3.63, 3.8) is 0 Å². The van der Waals surface area contributed by atoms with Crippen LogP contribution in [0.3, 0.4) is 0 Å². The summed E-state index contributed by atoms with van der Waals surface area (Å²) in [5.74, 6) is 0.290. The predicted molar refractivity (Wildman–Crippen MR) is 67.0 cm³/mol. The number of carbonyl (C=O) groups excluding carboxylic acids is 2. The van der Waals surface area contributed by atoms with E-state index in [4.69, 9.17) is 4.74 Å². The number of rotatable bonds is 1. The van der Waals surface area contributed by atoms with Crippen molar-refractivity contribution in [2.45, 2.75) is 38.3 Å². The van der Waals surface area contributed by atoms with Crippen LogP contribution in [0.1, 0.15) is 26.2 Å². The van der Waals surface area contributed by atoms with Gasteiger partial charge >= 0.3 is 0 Å². The van der Waals surface area contributed by atoms with Crippen LogP contribution in [-0.2, 0) is 14.3 Å². The first-order valence-corrected chi connectivity index (χ1v) is 6.60. The lowest BCUT2D eigenvalue weighted by Crippen LogP contribution is -2.56. The van der Waals surface area contributed by atoms with E-state index in [2.05, 4.69) is 0 Å². The molecule has 0 aromatic rings. The van der Waals surface area contributed by atoms with E-state index >= 15 is 0 Å². The molecule has 5 heteroatoms. The summed E-state index contributed by atoms with van der Waals surface area (Å²) in [7, 11) is 3.57. The zero-order valence-electron chi connectivity index (χ0n) is 11.4. The molecule has 1 aliphatic heterocycles. The topological polar surface area (TPSA) is 49.9 Å². The Labute approximate surface area is 108 Å². The molecule has 5 nitrogen and oxygen atoms in total. The number of morpholine rings is 1. The average Bonchev–Trinajstić information content (AvgIpc) is 2.36. The molecular formula is C13H22N2O3. The van der Waals surface area contributed by atoms with Crippen LogP contribution in [0.25, 0.3) is 0 Å². The van der Waals surface area contributed by atoms with Gasteiger partial charge in [-0.3, -0.25) is 9.59 Å². The number of ether oxygens (including phenoxy) is 1. The minimum Gasteiger partial charge on any atom is -0.374 e. The van der Waals surface area contributed by atoms with E-state index < -0.39 is 0 Å². The highest BCUT2D eigenvalue weighted by Gasteiger charge is 2.41. The highest BCUT2D eigenvalue weighted by molar-refractivity contribution is 5.79. The monoisotopic (exact) mass is 254 g/mol. The van der Waals surface area contributed by atoms with E-state index in [1.165, 1.54) is 0 Å². The van der Waals surface area contributed by atoms with Crippen molar-refractivity contribution in [1.82, 2.24) is 9.80 Å². The lowest BCUT2D eigenvalue weighted by atomic mass is 9.81. The second-order valence-electron chi connectivity index (χ2n) is 5.43. The Balaban J connectivity index is 2.08. The Morgan fingerprint density at radius 2 is 2.00 bits per heavy atom. The predicted octanol–water partition coefficient (Wildman–Crippen LogP) is 0.491. The van der Waals surface area contributed by atoms with E-state index in [0.29, 0.717) is 13.2 Å². The SMILES string of the molecule is CC(=O)N1CCO[C@@H]2CC[C@H](C(=O)N(C)C)C[C@H]21. The highest BCUT2D eigenvalue weighted by atomic mass is 16.5. The molecule has 2 aliphatic rings. The Hall–Kier alpha value is -1.10.